The third-order valence-electron chi connectivity index (χ3n) is 3.18. The average molecular weight is 380 g/mol. The van der Waals surface area contributed by atoms with E-state index in [0.717, 1.165) is 0 Å². The van der Waals surface area contributed by atoms with Crippen LogP contribution in [0.25, 0.3) is 0 Å². The molecule has 0 fully saturated rings. The first-order valence-corrected chi connectivity index (χ1v) is 7.77. The lowest BCUT2D eigenvalue weighted by Crippen LogP contribution is -2.34. The number of aliphatic carboxylic acids is 1. The number of dihydropyridines is 1. The number of ether oxygens (including phenoxy) is 1. The topological polar surface area (TPSA) is 188 Å². The van der Waals surface area contributed by atoms with Gasteiger partial charge >= 0.3 is 11.9 Å². The minimum atomic E-state index is -1.15. The Morgan fingerprint density at radius 2 is 2.11 bits per heavy atom. The molecule has 0 aliphatic carbocycles. The van der Waals surface area contributed by atoms with Gasteiger partial charge in [0.15, 0.2) is 17.3 Å². The second-order valence-electron chi connectivity index (χ2n) is 5.30. The largest absolute Gasteiger partial charge is 0.508 e. The van der Waals surface area contributed by atoms with Crippen molar-refractivity contribution in [1.29, 1.82) is 5.41 Å². The van der Waals surface area contributed by atoms with Crippen LogP contribution in [0.15, 0.2) is 39.8 Å². The molecular formula is C16H20N4O7. The Morgan fingerprint density at radius 3 is 2.63 bits per heavy atom. The molecule has 6 N–H and O–H groups in total. The maximum absolute atomic E-state index is 11.4. The van der Waals surface area contributed by atoms with Gasteiger partial charge in [-0.05, 0) is 0 Å². The van der Waals surface area contributed by atoms with E-state index in [4.69, 9.17) is 31.2 Å². The van der Waals surface area contributed by atoms with Crippen molar-refractivity contribution in [2.75, 3.05) is 0 Å². The van der Waals surface area contributed by atoms with Crippen LogP contribution < -0.4 is 15.9 Å². The number of esters is 1. The van der Waals surface area contributed by atoms with Crippen molar-refractivity contribution < 1.29 is 29.6 Å². The molecule has 0 spiro atoms. The molecule has 1 aromatic heterocycles. The van der Waals surface area contributed by atoms with E-state index in [1.165, 1.54) is 29.2 Å². The molecule has 0 aromatic carbocycles. The predicted molar refractivity (Wildman–Crippen MR) is 95.4 cm³/mol. The van der Waals surface area contributed by atoms with Crippen LogP contribution in [0.2, 0.25) is 0 Å². The number of pyridine rings is 1. The van der Waals surface area contributed by atoms with Gasteiger partial charge in [0.2, 0.25) is 5.43 Å². The van der Waals surface area contributed by atoms with Gasteiger partial charge in [0.25, 0.3) is 0 Å². The van der Waals surface area contributed by atoms with Crippen LogP contribution >= 0.6 is 0 Å². The number of hydrogen-bond donors (Lipinski definition) is 5. The third kappa shape index (κ3) is 6.74. The zero-order chi connectivity index (χ0) is 20.6. The van der Waals surface area contributed by atoms with Crippen molar-refractivity contribution in [1.82, 2.24) is 4.57 Å². The first kappa shape index (κ1) is 21.6. The number of amidine groups is 1. The van der Waals surface area contributed by atoms with Crippen molar-refractivity contribution in [3.8, 4) is 5.75 Å². The Labute approximate surface area is 153 Å². The van der Waals surface area contributed by atoms with E-state index in [-0.39, 0.29) is 36.7 Å². The van der Waals surface area contributed by atoms with Crippen LogP contribution in [0.3, 0.4) is 0 Å². The summed E-state index contributed by atoms with van der Waals surface area (Å²) in [5.41, 5.74) is 4.91. The number of nitrogens with two attached hydrogens (primary N) is 1. The van der Waals surface area contributed by atoms with E-state index in [2.05, 4.69) is 4.99 Å². The first-order valence-electron chi connectivity index (χ1n) is 7.77. The molecular weight excluding hydrogens is 360 g/mol. The molecule has 11 nitrogen and oxygen atoms in total. The fourth-order valence-corrected chi connectivity index (χ4v) is 1.71. The SMILES string of the molecule is CCC(=O)Oc1cn(C[C@H](N)C(=O)O)ccc1=O.N=C1N=CCC(O)=C1O. The second kappa shape index (κ2) is 9.87. The normalized spacial score (nSPS) is 14.2. The summed E-state index contributed by atoms with van der Waals surface area (Å²) < 4.78 is 6.20. The monoisotopic (exact) mass is 380 g/mol. The number of aliphatic imine (C=N–C) groups is 1. The number of carbonyl (C=O) groups excluding carboxylic acids is 1. The minimum absolute atomic E-state index is 0.0215. The number of aromatic nitrogens is 1. The number of allylic oxidation sites excluding steroid dienone is 1. The smallest absolute Gasteiger partial charge is 0.322 e. The van der Waals surface area contributed by atoms with E-state index in [0.29, 0.717) is 0 Å². The minimum Gasteiger partial charge on any atom is -0.508 e. The standard InChI is InChI=1S/C11H14N2O5.C5H6N2O2/c1-2-10(15)18-9-6-13(4-3-8(9)14)5-7(12)11(16)17;6-5-4(9)3(8)1-2-7-5/h3-4,6-7H,2,5,12H2,1H3,(H,16,17);2,6,8-9H,1H2/t7-;/m0./s1. The molecule has 1 atom stereocenters. The van der Waals surface area contributed by atoms with Crippen LogP contribution in [0.1, 0.15) is 19.8 Å². The Kier molecular flexibility index (Phi) is 7.89. The molecule has 0 unspecified atom stereocenters. The molecule has 1 aromatic rings. The maximum atomic E-state index is 11.4. The van der Waals surface area contributed by atoms with Gasteiger partial charge in [-0.3, -0.25) is 19.8 Å². The summed E-state index contributed by atoms with van der Waals surface area (Å²) in [6.45, 7) is 1.58. The summed E-state index contributed by atoms with van der Waals surface area (Å²) in [4.78, 5) is 36.5. The molecule has 146 valence electrons. The molecule has 2 rings (SSSR count). The van der Waals surface area contributed by atoms with Crippen LogP contribution in [0, 0.1) is 5.41 Å². The van der Waals surface area contributed by atoms with E-state index in [1.807, 2.05) is 0 Å². The van der Waals surface area contributed by atoms with Gasteiger partial charge in [-0.2, -0.15) is 0 Å². The number of nitrogens with zero attached hydrogens (tertiary/aromatic N) is 2. The van der Waals surface area contributed by atoms with Crippen LogP contribution in [-0.2, 0) is 16.1 Å². The van der Waals surface area contributed by atoms with Crippen molar-refractivity contribution in [3.05, 3.63) is 40.2 Å². The molecule has 0 amide bonds. The molecule has 2 heterocycles. The number of nitrogens with one attached hydrogen (secondary N) is 1. The quantitative estimate of drug-likeness (QED) is 0.452. The summed E-state index contributed by atoms with van der Waals surface area (Å²) in [6, 6.07) is 0.0922. The van der Waals surface area contributed by atoms with Gasteiger partial charge in [-0.1, -0.05) is 6.92 Å². The van der Waals surface area contributed by atoms with E-state index in [1.54, 1.807) is 6.92 Å². The van der Waals surface area contributed by atoms with Crippen molar-refractivity contribution in [2.45, 2.75) is 32.4 Å². The Morgan fingerprint density at radius 1 is 1.44 bits per heavy atom. The molecule has 0 saturated carbocycles. The van der Waals surface area contributed by atoms with Crippen LogP contribution in [0.5, 0.6) is 5.75 Å². The molecule has 11 heteroatoms. The fraction of sp³-hybridized carbons (Fsp3) is 0.312. The Bertz CT molecular complexity index is 841. The summed E-state index contributed by atoms with van der Waals surface area (Å²) >= 11 is 0. The summed E-state index contributed by atoms with van der Waals surface area (Å²) in [5.74, 6) is -2.71. The number of carbonyl (C=O) groups is 2. The number of carboxylic acid groups (broad SMARTS) is 1. The van der Waals surface area contributed by atoms with Gasteiger partial charge in [0.1, 0.15) is 11.8 Å². The molecule has 1 aliphatic rings. The van der Waals surface area contributed by atoms with Gasteiger partial charge in [-0.15, -0.1) is 0 Å². The van der Waals surface area contributed by atoms with Gasteiger partial charge < -0.3 is 30.4 Å². The van der Waals surface area contributed by atoms with E-state index >= 15 is 0 Å². The average Bonchev–Trinajstić information content (AvgIpc) is 2.62. The number of aliphatic hydroxyl groups is 2. The van der Waals surface area contributed by atoms with Crippen molar-refractivity contribution in [3.63, 3.8) is 0 Å². The second-order valence-corrected chi connectivity index (χ2v) is 5.30. The molecule has 27 heavy (non-hydrogen) atoms. The van der Waals surface area contributed by atoms with Gasteiger partial charge in [0, 0.05) is 37.9 Å². The summed E-state index contributed by atoms with van der Waals surface area (Å²) in [6.07, 6.45) is 4.38. The maximum Gasteiger partial charge on any atom is 0.322 e. The zero-order valence-corrected chi connectivity index (χ0v) is 14.5. The zero-order valence-electron chi connectivity index (χ0n) is 14.5. The number of rotatable bonds is 5. The highest BCUT2D eigenvalue weighted by atomic mass is 16.5. The highest BCUT2D eigenvalue weighted by molar-refractivity contribution is 6.01. The van der Waals surface area contributed by atoms with Crippen molar-refractivity contribution in [2.24, 2.45) is 10.7 Å². The number of aliphatic hydroxyl groups excluding tert-OH is 2. The highest BCUT2D eigenvalue weighted by Crippen LogP contribution is 2.07. The lowest BCUT2D eigenvalue weighted by atomic mass is 10.2. The van der Waals surface area contributed by atoms with E-state index in [9.17, 15) is 14.4 Å². The Hall–Kier alpha value is -3.47. The summed E-state index contributed by atoms with van der Waals surface area (Å²) in [5, 5.41) is 33.0. The molecule has 1 aliphatic heterocycles. The van der Waals surface area contributed by atoms with Crippen LogP contribution in [0.4, 0.5) is 0 Å². The lowest BCUT2D eigenvalue weighted by molar-refractivity contribution is -0.139. The molecule has 0 radical (unpaired) electrons. The summed E-state index contributed by atoms with van der Waals surface area (Å²) in [7, 11) is 0. The first-order chi connectivity index (χ1) is 12.6. The highest BCUT2D eigenvalue weighted by Gasteiger charge is 2.13. The van der Waals surface area contributed by atoms with Crippen LogP contribution in [-0.4, -0.2) is 49.9 Å². The van der Waals surface area contributed by atoms with E-state index < -0.39 is 29.2 Å². The Balaban J connectivity index is 0.000000337. The third-order valence-corrected chi connectivity index (χ3v) is 3.18. The predicted octanol–water partition coefficient (Wildman–Crippen LogP) is 0.341. The number of hydrogen-bond acceptors (Lipinski definition) is 8. The number of carboxylic acids is 1. The van der Waals surface area contributed by atoms with Gasteiger partial charge in [-0.25, -0.2) is 4.99 Å². The lowest BCUT2D eigenvalue weighted by Gasteiger charge is -2.11. The fourth-order valence-electron chi connectivity index (χ4n) is 1.71. The van der Waals surface area contributed by atoms with Crippen molar-refractivity contribution >= 4 is 24.0 Å². The molecule has 0 bridgehead atoms. The molecule has 0 saturated heterocycles. The van der Waals surface area contributed by atoms with Gasteiger partial charge in [0.05, 0.1) is 6.20 Å².